The monoisotopic (exact) mass is 551 g/mol. The van der Waals surface area contributed by atoms with E-state index in [1.807, 2.05) is 23.1 Å². The molecule has 8 nitrogen and oxygen atoms in total. The molecule has 1 fully saturated rings. The number of benzene rings is 1. The van der Waals surface area contributed by atoms with Crippen molar-refractivity contribution in [3.8, 4) is 5.75 Å². The Morgan fingerprint density at radius 1 is 1.35 bits per heavy atom. The molecular weight excluding hydrogens is 524 g/mol. The van der Waals surface area contributed by atoms with Gasteiger partial charge < -0.3 is 20.5 Å². The van der Waals surface area contributed by atoms with Gasteiger partial charge in [-0.15, -0.1) is 24.2 Å². The van der Waals surface area contributed by atoms with Crippen LogP contribution in [0.25, 0.3) is 10.9 Å². The number of aliphatic hydroxyl groups excluding tert-OH is 1. The van der Waals surface area contributed by atoms with E-state index in [1.54, 1.807) is 19.4 Å². The maximum Gasteiger partial charge on any atom is 0.235 e. The normalized spacial score (nSPS) is 20.6. The molecule has 0 aliphatic carbocycles. The van der Waals surface area contributed by atoms with E-state index in [0.29, 0.717) is 35.0 Å². The molecule has 3 atom stereocenters. The van der Waals surface area contributed by atoms with Gasteiger partial charge >= 0.3 is 0 Å². The number of methoxy groups -OCH3 is 1. The number of aliphatic hydroxyl groups is 1. The van der Waals surface area contributed by atoms with Crippen molar-refractivity contribution in [3.05, 3.63) is 53.6 Å². The van der Waals surface area contributed by atoms with Gasteiger partial charge in [0.2, 0.25) is 5.91 Å². The molecule has 1 aromatic carbocycles. The summed E-state index contributed by atoms with van der Waals surface area (Å²) in [6.07, 6.45) is 0.134. The van der Waals surface area contributed by atoms with Crippen LogP contribution in [0.2, 0.25) is 0 Å². The Morgan fingerprint density at radius 2 is 2.19 bits per heavy atom. The maximum absolute atomic E-state index is 15.0. The van der Waals surface area contributed by atoms with Crippen LogP contribution in [0.1, 0.15) is 23.8 Å². The number of hydrogen-bond donors (Lipinski definition) is 3. The van der Waals surface area contributed by atoms with E-state index >= 15 is 4.39 Å². The first-order valence-corrected chi connectivity index (χ1v) is 12.7. The molecule has 2 aliphatic rings. The number of pyridine rings is 2. The molecule has 0 saturated carbocycles. The van der Waals surface area contributed by atoms with Crippen molar-refractivity contribution < 1.29 is 23.4 Å². The second-order valence-corrected chi connectivity index (χ2v) is 9.97. The van der Waals surface area contributed by atoms with Crippen LogP contribution < -0.4 is 15.4 Å². The van der Waals surface area contributed by atoms with Crippen molar-refractivity contribution in [2.75, 3.05) is 37.8 Å². The number of piperidine rings is 1. The quantitative estimate of drug-likeness (QED) is 0.410. The van der Waals surface area contributed by atoms with Gasteiger partial charge in [0.05, 0.1) is 35.1 Å². The van der Waals surface area contributed by atoms with Crippen LogP contribution >= 0.6 is 24.2 Å². The predicted molar refractivity (Wildman–Crippen MR) is 141 cm³/mol. The van der Waals surface area contributed by atoms with Gasteiger partial charge in [-0.25, -0.2) is 13.8 Å². The molecule has 0 bridgehead atoms. The first-order chi connectivity index (χ1) is 17.4. The molecule has 2 aromatic heterocycles. The maximum atomic E-state index is 15.0. The number of alkyl halides is 1. The Kier molecular flexibility index (Phi) is 8.81. The number of nitrogens with one attached hydrogen (secondary N) is 2. The van der Waals surface area contributed by atoms with Gasteiger partial charge in [0, 0.05) is 37.3 Å². The summed E-state index contributed by atoms with van der Waals surface area (Å²) in [5, 5.41) is 17.5. The van der Waals surface area contributed by atoms with Gasteiger partial charge in [-0.3, -0.25) is 14.7 Å². The number of aromatic nitrogens is 2. The molecule has 0 radical (unpaired) electrons. The molecule has 3 N–H and O–H groups in total. The smallest absolute Gasteiger partial charge is 0.235 e. The lowest BCUT2D eigenvalue weighted by Crippen LogP contribution is -2.51. The molecule has 3 aromatic rings. The second kappa shape index (κ2) is 11.9. The fraction of sp³-hybridized carbons (Fsp3) is 0.400. The van der Waals surface area contributed by atoms with Crippen LogP contribution in [0.15, 0.2) is 41.4 Å². The fourth-order valence-electron chi connectivity index (χ4n) is 4.64. The zero-order valence-electron chi connectivity index (χ0n) is 20.1. The highest BCUT2D eigenvalue weighted by Crippen LogP contribution is 2.31. The average Bonchev–Trinajstić information content (AvgIpc) is 2.87. The number of halogens is 3. The number of carbonyl (C=O) groups excluding carboxylic acids is 1. The number of carbonyl (C=O) groups is 1. The van der Waals surface area contributed by atoms with Crippen LogP contribution in [-0.4, -0.2) is 70.6 Å². The summed E-state index contributed by atoms with van der Waals surface area (Å²) in [4.78, 5) is 22.7. The Hall–Kier alpha value is -2.57. The molecule has 5 rings (SSSR count). The third-order valence-corrected chi connectivity index (χ3v) is 7.59. The minimum absolute atomic E-state index is 0. The molecule has 1 amide bonds. The number of ether oxygens (including phenoxy) is 1. The van der Waals surface area contributed by atoms with E-state index in [0.717, 1.165) is 10.9 Å². The fourth-order valence-corrected chi connectivity index (χ4v) is 5.42. The Labute approximate surface area is 223 Å². The summed E-state index contributed by atoms with van der Waals surface area (Å²) in [5.41, 5.74) is 1.61. The average molecular weight is 552 g/mol. The number of β-amino-alcohol motifs (C(OH)–C–C–N with tert-alkyl or cyclic N) is 1. The van der Waals surface area contributed by atoms with Crippen LogP contribution in [-0.2, 0) is 11.3 Å². The number of likely N-dealkylation sites (tertiary alicyclic amines) is 1. The largest absolute Gasteiger partial charge is 0.497 e. The highest BCUT2D eigenvalue weighted by Gasteiger charge is 2.31. The van der Waals surface area contributed by atoms with E-state index in [-0.39, 0.29) is 49.4 Å². The number of thioether (sulfide) groups is 1. The lowest BCUT2D eigenvalue weighted by Gasteiger charge is -2.36. The molecule has 2 aliphatic heterocycles. The summed E-state index contributed by atoms with van der Waals surface area (Å²) in [5.74, 6) is 0.584. The summed E-state index contributed by atoms with van der Waals surface area (Å²) in [6, 6.07) is 8.16. The first kappa shape index (κ1) is 27.5. The molecule has 1 saturated heterocycles. The molecular formula is C25H28ClF2N5O3S. The molecule has 37 heavy (non-hydrogen) atoms. The van der Waals surface area contributed by atoms with Crippen LogP contribution in [0, 0.1) is 5.82 Å². The zero-order chi connectivity index (χ0) is 25.2. The van der Waals surface area contributed by atoms with Crippen molar-refractivity contribution in [2.45, 2.75) is 36.2 Å². The number of anilines is 1. The summed E-state index contributed by atoms with van der Waals surface area (Å²) in [6.45, 7) is 1.06. The van der Waals surface area contributed by atoms with Gasteiger partial charge in [-0.05, 0) is 48.9 Å². The van der Waals surface area contributed by atoms with Gasteiger partial charge in [0.25, 0.3) is 0 Å². The molecule has 2 unspecified atom stereocenters. The minimum Gasteiger partial charge on any atom is -0.497 e. The highest BCUT2D eigenvalue weighted by atomic mass is 35.5. The van der Waals surface area contributed by atoms with Crippen molar-refractivity contribution in [2.24, 2.45) is 0 Å². The van der Waals surface area contributed by atoms with Crippen LogP contribution in [0.5, 0.6) is 5.75 Å². The van der Waals surface area contributed by atoms with Gasteiger partial charge in [-0.1, -0.05) is 0 Å². The number of rotatable bonds is 7. The van der Waals surface area contributed by atoms with Crippen molar-refractivity contribution in [1.29, 1.82) is 0 Å². The first-order valence-electron chi connectivity index (χ1n) is 11.7. The topological polar surface area (TPSA) is 99.6 Å². The third kappa shape index (κ3) is 6.12. The Morgan fingerprint density at radius 3 is 2.97 bits per heavy atom. The van der Waals surface area contributed by atoms with Crippen LogP contribution in [0.4, 0.5) is 14.6 Å². The van der Waals surface area contributed by atoms with E-state index in [1.165, 1.54) is 17.8 Å². The van der Waals surface area contributed by atoms with E-state index in [9.17, 15) is 14.3 Å². The molecule has 198 valence electrons. The minimum atomic E-state index is -1.20. The second-order valence-electron chi connectivity index (χ2n) is 8.95. The lowest BCUT2D eigenvalue weighted by molar-refractivity contribution is -0.113. The standard InChI is InChI=1S/C25H27F2N5O3S.ClH/c1-35-14-2-3-19-16(8-14)15(4-6-28-19)22(33)12-32-7-5-20(18(27)11-32)29-10-21-17(26)9-23-25(30-21)31-24(34)13-36-23;/h2-4,6,8-9,18,20,22,29,33H,5,7,10-13H2,1H3,(H,30,31,34);1H/t18?,20?,22-;/m0./s1. The molecule has 0 spiro atoms. The van der Waals surface area contributed by atoms with Crippen molar-refractivity contribution in [3.63, 3.8) is 0 Å². The van der Waals surface area contributed by atoms with Crippen molar-refractivity contribution in [1.82, 2.24) is 20.2 Å². The predicted octanol–water partition coefficient (Wildman–Crippen LogP) is 3.48. The zero-order valence-corrected chi connectivity index (χ0v) is 21.7. The van der Waals surface area contributed by atoms with Crippen LogP contribution in [0.3, 0.4) is 0 Å². The van der Waals surface area contributed by atoms with Gasteiger partial charge in [0.1, 0.15) is 23.6 Å². The molecule has 12 heteroatoms. The van der Waals surface area contributed by atoms with E-state index in [4.69, 9.17) is 4.74 Å². The number of nitrogens with zero attached hydrogens (tertiary/aromatic N) is 3. The summed E-state index contributed by atoms with van der Waals surface area (Å²) >= 11 is 1.24. The summed E-state index contributed by atoms with van der Waals surface area (Å²) in [7, 11) is 1.58. The molecule has 4 heterocycles. The number of amides is 1. The highest BCUT2D eigenvalue weighted by molar-refractivity contribution is 8.00. The Balaban J connectivity index is 0.00000320. The third-order valence-electron chi connectivity index (χ3n) is 6.56. The van der Waals surface area contributed by atoms with Gasteiger partial charge in [0.15, 0.2) is 0 Å². The van der Waals surface area contributed by atoms with Crippen molar-refractivity contribution >= 4 is 46.8 Å². The number of fused-ring (bicyclic) bond motifs is 2. The number of hydrogen-bond acceptors (Lipinski definition) is 8. The SMILES string of the molecule is COc1ccc2nccc([C@@H](O)CN3CCC(NCc4nc5c(cc4F)SCC(=O)N5)C(F)C3)c2c1.Cl. The lowest BCUT2D eigenvalue weighted by atomic mass is 10.00. The van der Waals surface area contributed by atoms with E-state index in [2.05, 4.69) is 20.6 Å². The summed E-state index contributed by atoms with van der Waals surface area (Å²) < 4.78 is 34.8. The van der Waals surface area contributed by atoms with Gasteiger partial charge in [-0.2, -0.15) is 0 Å². The van der Waals surface area contributed by atoms with E-state index < -0.39 is 24.1 Å². The Bertz CT molecular complexity index is 1290.